The SMILES string of the molecule is CCC1(CC)CC(N)CCC1N. The lowest BCUT2D eigenvalue weighted by Gasteiger charge is -2.43. The predicted molar refractivity (Wildman–Crippen MR) is 52.8 cm³/mol. The topological polar surface area (TPSA) is 52.0 Å². The Labute approximate surface area is 75.7 Å². The maximum atomic E-state index is 6.14. The molecule has 4 N–H and O–H groups in total. The van der Waals surface area contributed by atoms with Gasteiger partial charge in [0.2, 0.25) is 0 Å². The van der Waals surface area contributed by atoms with Crippen LogP contribution in [0.15, 0.2) is 0 Å². The predicted octanol–water partition coefficient (Wildman–Crippen LogP) is 1.63. The maximum absolute atomic E-state index is 6.14. The van der Waals surface area contributed by atoms with Crippen molar-refractivity contribution in [3.63, 3.8) is 0 Å². The fraction of sp³-hybridized carbons (Fsp3) is 1.00. The summed E-state index contributed by atoms with van der Waals surface area (Å²) >= 11 is 0. The van der Waals surface area contributed by atoms with E-state index in [2.05, 4.69) is 13.8 Å². The minimum atomic E-state index is 0.345. The molecule has 0 aromatic heterocycles. The zero-order valence-corrected chi connectivity index (χ0v) is 8.34. The van der Waals surface area contributed by atoms with E-state index in [1.807, 2.05) is 0 Å². The van der Waals surface area contributed by atoms with Gasteiger partial charge in [0, 0.05) is 12.1 Å². The molecule has 0 spiro atoms. The minimum absolute atomic E-state index is 0.345. The standard InChI is InChI=1S/C10H22N2/c1-3-10(4-2)7-8(11)5-6-9(10)12/h8-9H,3-7,11-12H2,1-2H3. The lowest BCUT2D eigenvalue weighted by molar-refractivity contribution is 0.124. The summed E-state index contributed by atoms with van der Waals surface area (Å²) in [6.45, 7) is 4.47. The molecule has 0 aromatic rings. The fourth-order valence-electron chi connectivity index (χ4n) is 2.54. The van der Waals surface area contributed by atoms with Crippen molar-refractivity contribution in [1.82, 2.24) is 0 Å². The molecule has 72 valence electrons. The zero-order valence-electron chi connectivity index (χ0n) is 8.34. The Hall–Kier alpha value is -0.0800. The van der Waals surface area contributed by atoms with Crippen LogP contribution < -0.4 is 11.5 Å². The third-order valence-corrected chi connectivity index (χ3v) is 3.71. The highest BCUT2D eigenvalue weighted by atomic mass is 14.8. The van der Waals surface area contributed by atoms with Crippen LogP contribution in [0.5, 0.6) is 0 Å². The van der Waals surface area contributed by atoms with Gasteiger partial charge in [-0.05, 0) is 37.5 Å². The molecule has 2 atom stereocenters. The van der Waals surface area contributed by atoms with Crippen LogP contribution in [-0.4, -0.2) is 12.1 Å². The molecular formula is C10H22N2. The Kier molecular flexibility index (Phi) is 3.13. The van der Waals surface area contributed by atoms with Gasteiger partial charge in [0.25, 0.3) is 0 Å². The molecule has 0 aliphatic heterocycles. The van der Waals surface area contributed by atoms with Crippen LogP contribution in [0, 0.1) is 5.41 Å². The number of hydrogen-bond donors (Lipinski definition) is 2. The van der Waals surface area contributed by atoms with E-state index in [0.717, 1.165) is 19.3 Å². The summed E-state index contributed by atoms with van der Waals surface area (Å²) in [6.07, 6.45) is 5.71. The number of hydrogen-bond acceptors (Lipinski definition) is 2. The van der Waals surface area contributed by atoms with Crippen molar-refractivity contribution in [3.8, 4) is 0 Å². The first-order valence-corrected chi connectivity index (χ1v) is 5.15. The van der Waals surface area contributed by atoms with Crippen LogP contribution >= 0.6 is 0 Å². The Morgan fingerprint density at radius 1 is 1.17 bits per heavy atom. The van der Waals surface area contributed by atoms with Crippen molar-refractivity contribution in [2.75, 3.05) is 0 Å². The van der Waals surface area contributed by atoms with Gasteiger partial charge in [0.05, 0.1) is 0 Å². The van der Waals surface area contributed by atoms with E-state index in [1.54, 1.807) is 0 Å². The molecule has 2 heteroatoms. The molecule has 0 saturated heterocycles. The van der Waals surface area contributed by atoms with E-state index in [0.29, 0.717) is 17.5 Å². The van der Waals surface area contributed by atoms with Gasteiger partial charge in [-0.3, -0.25) is 0 Å². The summed E-state index contributed by atoms with van der Waals surface area (Å²) < 4.78 is 0. The second-order valence-electron chi connectivity index (χ2n) is 4.22. The van der Waals surface area contributed by atoms with E-state index in [1.165, 1.54) is 12.8 Å². The average Bonchev–Trinajstić information content (AvgIpc) is 2.09. The van der Waals surface area contributed by atoms with Gasteiger partial charge < -0.3 is 11.5 Å². The first-order chi connectivity index (χ1) is 5.64. The highest BCUT2D eigenvalue weighted by Gasteiger charge is 2.38. The van der Waals surface area contributed by atoms with E-state index < -0.39 is 0 Å². The summed E-state index contributed by atoms with van der Waals surface area (Å²) in [6, 6.07) is 0.775. The molecule has 1 fully saturated rings. The van der Waals surface area contributed by atoms with Gasteiger partial charge in [-0.1, -0.05) is 13.8 Å². The summed E-state index contributed by atoms with van der Waals surface area (Å²) in [5.74, 6) is 0. The number of nitrogens with two attached hydrogens (primary N) is 2. The van der Waals surface area contributed by atoms with Crippen LogP contribution in [0.2, 0.25) is 0 Å². The summed E-state index contributed by atoms with van der Waals surface area (Å²) in [7, 11) is 0. The van der Waals surface area contributed by atoms with E-state index in [4.69, 9.17) is 11.5 Å². The average molecular weight is 170 g/mol. The van der Waals surface area contributed by atoms with Crippen molar-refractivity contribution in [3.05, 3.63) is 0 Å². The van der Waals surface area contributed by atoms with E-state index in [-0.39, 0.29) is 0 Å². The fourth-order valence-corrected chi connectivity index (χ4v) is 2.54. The first-order valence-electron chi connectivity index (χ1n) is 5.15. The van der Waals surface area contributed by atoms with Crippen LogP contribution in [0.4, 0.5) is 0 Å². The number of rotatable bonds is 2. The molecule has 1 aliphatic rings. The van der Waals surface area contributed by atoms with Crippen molar-refractivity contribution in [2.24, 2.45) is 16.9 Å². The third-order valence-electron chi connectivity index (χ3n) is 3.71. The molecule has 2 nitrogen and oxygen atoms in total. The second kappa shape index (κ2) is 3.75. The maximum Gasteiger partial charge on any atom is 0.00965 e. The Bertz CT molecular complexity index is 141. The molecular weight excluding hydrogens is 148 g/mol. The normalized spacial score (nSPS) is 35.0. The van der Waals surface area contributed by atoms with Crippen LogP contribution in [0.3, 0.4) is 0 Å². The van der Waals surface area contributed by atoms with Gasteiger partial charge in [-0.15, -0.1) is 0 Å². The van der Waals surface area contributed by atoms with Crippen molar-refractivity contribution >= 4 is 0 Å². The third kappa shape index (κ3) is 1.64. The summed E-state index contributed by atoms with van der Waals surface area (Å²) in [5, 5.41) is 0. The van der Waals surface area contributed by atoms with Crippen molar-refractivity contribution in [2.45, 2.75) is 58.0 Å². The van der Waals surface area contributed by atoms with Gasteiger partial charge >= 0.3 is 0 Å². The monoisotopic (exact) mass is 170 g/mol. The molecule has 1 saturated carbocycles. The van der Waals surface area contributed by atoms with E-state index in [9.17, 15) is 0 Å². The lowest BCUT2D eigenvalue weighted by atomic mass is 9.66. The smallest absolute Gasteiger partial charge is 0.00965 e. The first kappa shape index (κ1) is 10.0. The zero-order chi connectivity index (χ0) is 9.19. The Balaban J connectivity index is 2.68. The molecule has 0 bridgehead atoms. The van der Waals surface area contributed by atoms with E-state index >= 15 is 0 Å². The molecule has 0 radical (unpaired) electrons. The Morgan fingerprint density at radius 2 is 1.75 bits per heavy atom. The molecule has 0 amide bonds. The summed E-state index contributed by atoms with van der Waals surface area (Å²) in [5.41, 5.74) is 12.5. The Morgan fingerprint density at radius 3 is 2.17 bits per heavy atom. The molecule has 2 unspecified atom stereocenters. The van der Waals surface area contributed by atoms with Gasteiger partial charge in [-0.25, -0.2) is 0 Å². The molecule has 1 rings (SSSR count). The molecule has 1 aliphatic carbocycles. The van der Waals surface area contributed by atoms with Crippen molar-refractivity contribution in [1.29, 1.82) is 0 Å². The van der Waals surface area contributed by atoms with Gasteiger partial charge in [0.1, 0.15) is 0 Å². The molecule has 0 aromatic carbocycles. The largest absolute Gasteiger partial charge is 0.328 e. The van der Waals surface area contributed by atoms with Crippen LogP contribution in [0.1, 0.15) is 46.0 Å². The highest BCUT2D eigenvalue weighted by molar-refractivity contribution is 4.94. The van der Waals surface area contributed by atoms with Crippen molar-refractivity contribution < 1.29 is 0 Å². The van der Waals surface area contributed by atoms with Gasteiger partial charge in [-0.2, -0.15) is 0 Å². The molecule has 0 heterocycles. The summed E-state index contributed by atoms with van der Waals surface area (Å²) in [4.78, 5) is 0. The lowest BCUT2D eigenvalue weighted by Crippen LogP contribution is -2.49. The minimum Gasteiger partial charge on any atom is -0.328 e. The second-order valence-corrected chi connectivity index (χ2v) is 4.22. The quantitative estimate of drug-likeness (QED) is 0.662. The highest BCUT2D eigenvalue weighted by Crippen LogP contribution is 2.40. The van der Waals surface area contributed by atoms with Crippen LogP contribution in [-0.2, 0) is 0 Å². The van der Waals surface area contributed by atoms with Gasteiger partial charge in [0.15, 0.2) is 0 Å². The van der Waals surface area contributed by atoms with Crippen LogP contribution in [0.25, 0.3) is 0 Å². The molecule has 12 heavy (non-hydrogen) atoms.